The fourth-order valence-electron chi connectivity index (χ4n) is 2.18. The zero-order valence-corrected chi connectivity index (χ0v) is 17.1. The molecule has 0 saturated heterocycles. The summed E-state index contributed by atoms with van der Waals surface area (Å²) in [5.74, 6) is -0.498. The molecule has 28 heavy (non-hydrogen) atoms. The van der Waals surface area contributed by atoms with Crippen LogP contribution in [0.2, 0.25) is 5.02 Å². The summed E-state index contributed by atoms with van der Waals surface area (Å²) in [7, 11) is 0. The van der Waals surface area contributed by atoms with Gasteiger partial charge in [-0.1, -0.05) is 11.6 Å². The summed E-state index contributed by atoms with van der Waals surface area (Å²) in [5, 5.41) is 5.97. The normalized spacial score (nSPS) is 11.4. The highest BCUT2D eigenvalue weighted by Gasteiger charge is 2.17. The zero-order valence-electron chi connectivity index (χ0n) is 15.5. The minimum atomic E-state index is -0.914. The lowest BCUT2D eigenvalue weighted by Gasteiger charge is -2.14. The lowest BCUT2D eigenvalue weighted by Crippen LogP contribution is -2.30. The van der Waals surface area contributed by atoms with Crippen LogP contribution in [-0.2, 0) is 19.1 Å². The van der Waals surface area contributed by atoms with E-state index in [0.717, 1.165) is 4.90 Å². The van der Waals surface area contributed by atoms with Crippen LogP contribution in [0.5, 0.6) is 0 Å². The summed E-state index contributed by atoms with van der Waals surface area (Å²) in [4.78, 5) is 36.1. The average molecular weight is 421 g/mol. The van der Waals surface area contributed by atoms with E-state index in [1.54, 1.807) is 36.4 Å². The maximum atomic E-state index is 12.2. The Labute approximate surface area is 173 Å². The highest BCUT2D eigenvalue weighted by atomic mass is 35.5. The molecular formula is C20H21ClN2O4S. The number of carbonyl (C=O) groups excluding carboxylic acids is 3. The number of nitrogens with one attached hydrogen (secondary N) is 2. The topological polar surface area (TPSA) is 84.5 Å². The summed E-state index contributed by atoms with van der Waals surface area (Å²) in [6.07, 6.45) is -0.723. The third-order valence-corrected chi connectivity index (χ3v) is 4.80. The van der Waals surface area contributed by atoms with Gasteiger partial charge in [-0.15, -0.1) is 11.8 Å². The van der Waals surface area contributed by atoms with Crippen LogP contribution in [-0.4, -0.2) is 29.6 Å². The van der Waals surface area contributed by atoms with Crippen LogP contribution in [0, 0.1) is 0 Å². The molecule has 0 aliphatic heterocycles. The summed E-state index contributed by atoms with van der Waals surface area (Å²) in [6.45, 7) is 2.94. The van der Waals surface area contributed by atoms with Crippen molar-refractivity contribution in [2.24, 2.45) is 0 Å². The zero-order chi connectivity index (χ0) is 20.5. The molecule has 0 aliphatic carbocycles. The number of hydrogen-bond donors (Lipinski definition) is 2. The van der Waals surface area contributed by atoms with Crippen molar-refractivity contribution >= 4 is 52.5 Å². The van der Waals surface area contributed by atoms with E-state index in [1.165, 1.54) is 25.6 Å². The van der Waals surface area contributed by atoms with Crippen molar-refractivity contribution in [1.82, 2.24) is 0 Å². The first kappa shape index (κ1) is 21.8. The minimum Gasteiger partial charge on any atom is -0.453 e. The SMILES string of the molecule is CC(=O)Nc1ccc(NC(=O)[C@H](C)OC(=O)CCSc2ccc(Cl)cc2)cc1. The van der Waals surface area contributed by atoms with E-state index in [9.17, 15) is 14.4 Å². The maximum Gasteiger partial charge on any atom is 0.307 e. The van der Waals surface area contributed by atoms with Gasteiger partial charge in [-0.2, -0.15) is 0 Å². The number of rotatable bonds is 8. The van der Waals surface area contributed by atoms with Gasteiger partial charge in [0.25, 0.3) is 5.91 Å². The van der Waals surface area contributed by atoms with Crippen LogP contribution in [0.3, 0.4) is 0 Å². The van der Waals surface area contributed by atoms with Crippen molar-refractivity contribution in [3.8, 4) is 0 Å². The highest BCUT2D eigenvalue weighted by Crippen LogP contribution is 2.21. The van der Waals surface area contributed by atoms with E-state index >= 15 is 0 Å². The van der Waals surface area contributed by atoms with Gasteiger partial charge in [0.1, 0.15) is 0 Å². The molecule has 0 heterocycles. The molecule has 148 valence electrons. The third-order valence-electron chi connectivity index (χ3n) is 3.54. The summed E-state index contributed by atoms with van der Waals surface area (Å²) in [6, 6.07) is 14.0. The molecule has 0 unspecified atom stereocenters. The number of halogens is 1. The average Bonchev–Trinajstić information content (AvgIpc) is 2.64. The van der Waals surface area contributed by atoms with Crippen LogP contribution in [0.15, 0.2) is 53.4 Å². The van der Waals surface area contributed by atoms with Crippen molar-refractivity contribution in [1.29, 1.82) is 0 Å². The van der Waals surface area contributed by atoms with Gasteiger partial charge < -0.3 is 15.4 Å². The Balaban J connectivity index is 1.74. The number of ether oxygens (including phenoxy) is 1. The Kier molecular flexibility index (Phi) is 8.35. The number of benzene rings is 2. The number of thioether (sulfide) groups is 1. The number of esters is 1. The lowest BCUT2D eigenvalue weighted by atomic mass is 10.2. The van der Waals surface area contributed by atoms with E-state index in [0.29, 0.717) is 22.2 Å². The van der Waals surface area contributed by atoms with Gasteiger partial charge in [0.2, 0.25) is 5.91 Å². The molecule has 0 saturated carbocycles. The predicted octanol–water partition coefficient (Wildman–Crippen LogP) is 4.35. The Bertz CT molecular complexity index is 825. The van der Waals surface area contributed by atoms with E-state index in [1.807, 2.05) is 12.1 Å². The monoisotopic (exact) mass is 420 g/mol. The molecule has 0 aromatic heterocycles. The van der Waals surface area contributed by atoms with Gasteiger partial charge >= 0.3 is 5.97 Å². The Morgan fingerprint density at radius 3 is 2.14 bits per heavy atom. The number of hydrogen-bond acceptors (Lipinski definition) is 5. The fourth-order valence-corrected chi connectivity index (χ4v) is 3.14. The van der Waals surface area contributed by atoms with E-state index < -0.39 is 18.0 Å². The predicted molar refractivity (Wildman–Crippen MR) is 112 cm³/mol. The molecule has 2 amide bonds. The third kappa shape index (κ3) is 7.62. The number of amides is 2. The highest BCUT2D eigenvalue weighted by molar-refractivity contribution is 7.99. The van der Waals surface area contributed by atoms with Gasteiger partial charge in [0, 0.05) is 34.0 Å². The van der Waals surface area contributed by atoms with Crippen molar-refractivity contribution in [2.45, 2.75) is 31.3 Å². The Morgan fingerprint density at radius 2 is 1.57 bits per heavy atom. The lowest BCUT2D eigenvalue weighted by molar-refractivity contribution is -0.152. The number of carbonyl (C=O) groups is 3. The molecule has 0 fully saturated rings. The minimum absolute atomic E-state index is 0.174. The van der Waals surface area contributed by atoms with E-state index in [-0.39, 0.29) is 12.3 Å². The first-order chi connectivity index (χ1) is 13.3. The van der Waals surface area contributed by atoms with Crippen LogP contribution in [0.1, 0.15) is 20.3 Å². The van der Waals surface area contributed by atoms with Gasteiger partial charge in [0.15, 0.2) is 6.10 Å². The standard InChI is InChI=1S/C20H21ClN2O4S/c1-13(20(26)23-17-7-5-16(6-8-17)22-14(2)24)27-19(25)11-12-28-18-9-3-15(21)4-10-18/h3-10,13H,11-12H2,1-2H3,(H,22,24)(H,23,26)/t13-/m0/s1. The van der Waals surface area contributed by atoms with Crippen LogP contribution >= 0.6 is 23.4 Å². The largest absolute Gasteiger partial charge is 0.453 e. The van der Waals surface area contributed by atoms with Crippen LogP contribution in [0.4, 0.5) is 11.4 Å². The first-order valence-corrected chi connectivity index (χ1v) is 9.96. The summed E-state index contributed by atoms with van der Waals surface area (Å²) < 4.78 is 5.18. The second-order valence-corrected chi connectivity index (χ2v) is 7.54. The second kappa shape index (κ2) is 10.7. The van der Waals surface area contributed by atoms with E-state index in [2.05, 4.69) is 10.6 Å². The van der Waals surface area contributed by atoms with Crippen molar-refractivity contribution in [3.05, 3.63) is 53.6 Å². The Hall–Kier alpha value is -2.51. The maximum absolute atomic E-state index is 12.2. The molecule has 0 aliphatic rings. The molecule has 2 aromatic carbocycles. The van der Waals surface area contributed by atoms with Gasteiger partial charge in [-0.05, 0) is 55.5 Å². The molecule has 6 nitrogen and oxygen atoms in total. The van der Waals surface area contributed by atoms with Crippen LogP contribution in [0.25, 0.3) is 0 Å². The molecule has 0 bridgehead atoms. The quantitative estimate of drug-likeness (QED) is 0.490. The summed E-state index contributed by atoms with van der Waals surface area (Å²) in [5.41, 5.74) is 1.17. The molecular weight excluding hydrogens is 400 g/mol. The Morgan fingerprint density at radius 1 is 1.00 bits per heavy atom. The molecule has 0 spiro atoms. The van der Waals surface area contributed by atoms with Crippen LogP contribution < -0.4 is 10.6 Å². The molecule has 2 rings (SSSR count). The molecule has 0 radical (unpaired) electrons. The second-order valence-electron chi connectivity index (χ2n) is 5.93. The van der Waals surface area contributed by atoms with Gasteiger partial charge in [-0.25, -0.2) is 0 Å². The van der Waals surface area contributed by atoms with Crippen molar-refractivity contribution < 1.29 is 19.1 Å². The van der Waals surface area contributed by atoms with E-state index in [4.69, 9.17) is 16.3 Å². The summed E-state index contributed by atoms with van der Waals surface area (Å²) >= 11 is 7.34. The van der Waals surface area contributed by atoms with Gasteiger partial charge in [-0.3, -0.25) is 14.4 Å². The smallest absolute Gasteiger partial charge is 0.307 e. The molecule has 8 heteroatoms. The number of anilines is 2. The molecule has 1 atom stereocenters. The molecule has 2 aromatic rings. The molecule has 2 N–H and O–H groups in total. The fraction of sp³-hybridized carbons (Fsp3) is 0.250. The van der Waals surface area contributed by atoms with Crippen molar-refractivity contribution in [3.63, 3.8) is 0 Å². The first-order valence-electron chi connectivity index (χ1n) is 8.60. The van der Waals surface area contributed by atoms with Gasteiger partial charge in [0.05, 0.1) is 6.42 Å². The van der Waals surface area contributed by atoms with Crippen molar-refractivity contribution in [2.75, 3.05) is 16.4 Å².